The normalized spacial score (nSPS) is 18.3. The predicted octanol–water partition coefficient (Wildman–Crippen LogP) is 6.07. The highest BCUT2D eigenvalue weighted by molar-refractivity contribution is 8.24. The van der Waals surface area contributed by atoms with Crippen LogP contribution in [0.2, 0.25) is 0 Å². The summed E-state index contributed by atoms with van der Waals surface area (Å²) in [6.07, 6.45) is 3.10. The summed E-state index contributed by atoms with van der Waals surface area (Å²) in [6.45, 7) is 3.14. The minimum atomic E-state index is -3.14. The zero-order chi connectivity index (χ0) is 34.5. The van der Waals surface area contributed by atoms with Gasteiger partial charge in [0.25, 0.3) is 11.5 Å². The molecule has 2 fully saturated rings. The number of aromatic nitrogens is 3. The van der Waals surface area contributed by atoms with Gasteiger partial charge in [-0.25, -0.2) is 23.5 Å². The number of ether oxygens (including phenoxy) is 1. The third-order valence-electron chi connectivity index (χ3n) is 9.15. The van der Waals surface area contributed by atoms with Crippen molar-refractivity contribution in [1.82, 2.24) is 19.4 Å². The van der Waals surface area contributed by atoms with Crippen LogP contribution in [0.3, 0.4) is 0 Å². The number of nitrogens with one attached hydrogen (secondary N) is 1. The molecule has 12 nitrogen and oxygen atoms in total. The second kappa shape index (κ2) is 15.3. The molecule has 2 saturated heterocycles. The lowest BCUT2D eigenvalue weighted by atomic mass is 9.89. The van der Waals surface area contributed by atoms with Crippen molar-refractivity contribution < 1.29 is 37.3 Å². The van der Waals surface area contributed by atoms with Gasteiger partial charge in [-0.05, 0) is 56.2 Å². The van der Waals surface area contributed by atoms with Gasteiger partial charge in [0.2, 0.25) is 0 Å². The molecule has 0 spiro atoms. The molecule has 2 aliphatic heterocycles. The third kappa shape index (κ3) is 8.49. The number of aldehydes is 1. The van der Waals surface area contributed by atoms with Gasteiger partial charge in [-0.3, -0.25) is 18.5 Å². The average molecular weight is 692 g/mol. The number of benzene rings is 1. The second-order valence-corrected chi connectivity index (χ2v) is 15.2. The van der Waals surface area contributed by atoms with Gasteiger partial charge in [-0.1, -0.05) is 18.2 Å². The van der Waals surface area contributed by atoms with Crippen molar-refractivity contribution in [2.24, 2.45) is 5.92 Å². The van der Waals surface area contributed by atoms with Gasteiger partial charge in [-0.2, -0.15) is 10.6 Å². The fourth-order valence-corrected chi connectivity index (χ4v) is 7.92. The van der Waals surface area contributed by atoms with E-state index in [9.17, 15) is 23.5 Å². The van der Waals surface area contributed by atoms with E-state index in [2.05, 4.69) is 15.3 Å². The molecule has 1 amide bonds. The standard InChI is InChI=1S/C33H43F2N5O7S/c1-22(25-6-4-7-26(16-25)33(34,35)18-23-19-39(20-23)32(43)44)38-29-28-17-27(24-8-14-48(45,46)15-9-24)31(42)40(30(28)37-21-36-29)10-5-13-47-12-3-2-11-41/h4,6-7,11,16-17,21-24,45-46H,2-3,5,8-10,12-15,18-20H2,1H3,(H,43,44)(H,36,37,38). The molecule has 48 heavy (non-hydrogen) atoms. The molecule has 2 aliphatic rings. The second-order valence-electron chi connectivity index (χ2n) is 12.7. The zero-order valence-corrected chi connectivity index (χ0v) is 27.7. The number of unbranched alkanes of at least 4 members (excludes halogenated alkanes) is 1. The largest absolute Gasteiger partial charge is 0.465 e. The number of carbonyl (C=O) groups excluding carboxylic acids is 1. The Labute approximate surface area is 278 Å². The van der Waals surface area contributed by atoms with Gasteiger partial charge in [0, 0.05) is 80.3 Å². The Morgan fingerprint density at radius 3 is 2.60 bits per heavy atom. The highest BCUT2D eigenvalue weighted by atomic mass is 32.3. The highest BCUT2D eigenvalue weighted by Crippen LogP contribution is 2.48. The van der Waals surface area contributed by atoms with Crippen molar-refractivity contribution in [3.63, 3.8) is 0 Å². The van der Waals surface area contributed by atoms with Crippen LogP contribution in [0, 0.1) is 5.92 Å². The van der Waals surface area contributed by atoms with Crippen LogP contribution in [0.4, 0.5) is 19.4 Å². The van der Waals surface area contributed by atoms with E-state index in [0.717, 1.165) is 11.2 Å². The molecule has 1 atom stereocenters. The number of carbonyl (C=O) groups is 2. The molecule has 2 aromatic heterocycles. The number of carboxylic acid groups (broad SMARTS) is 1. The number of pyridine rings is 1. The first-order valence-electron chi connectivity index (χ1n) is 16.2. The summed E-state index contributed by atoms with van der Waals surface area (Å²) in [4.78, 5) is 45.5. The van der Waals surface area contributed by atoms with E-state index in [0.29, 0.717) is 79.8 Å². The fraction of sp³-hybridized carbons (Fsp3) is 0.545. The molecule has 262 valence electrons. The van der Waals surface area contributed by atoms with Crippen LogP contribution in [0.25, 0.3) is 11.0 Å². The lowest BCUT2D eigenvalue weighted by molar-refractivity contribution is -0.108. The first kappa shape index (κ1) is 35.6. The molecule has 4 heterocycles. The van der Waals surface area contributed by atoms with Crippen LogP contribution >= 0.6 is 10.6 Å². The third-order valence-corrected chi connectivity index (χ3v) is 10.9. The lowest BCUT2D eigenvalue weighted by Crippen LogP contribution is -2.50. The quantitative estimate of drug-likeness (QED) is 0.109. The van der Waals surface area contributed by atoms with Gasteiger partial charge in [0.15, 0.2) is 0 Å². The summed E-state index contributed by atoms with van der Waals surface area (Å²) < 4.78 is 58.2. The smallest absolute Gasteiger partial charge is 0.407 e. The van der Waals surface area contributed by atoms with Crippen molar-refractivity contribution in [2.75, 3.05) is 43.1 Å². The van der Waals surface area contributed by atoms with E-state index in [1.165, 1.54) is 18.5 Å². The molecule has 0 radical (unpaired) electrons. The van der Waals surface area contributed by atoms with E-state index in [4.69, 9.17) is 9.84 Å². The van der Waals surface area contributed by atoms with Crippen molar-refractivity contribution in [2.45, 2.75) is 69.9 Å². The molecular formula is C33H43F2N5O7S. The predicted molar refractivity (Wildman–Crippen MR) is 179 cm³/mol. The minimum Gasteiger partial charge on any atom is -0.465 e. The molecule has 0 aliphatic carbocycles. The minimum absolute atomic E-state index is 0.0910. The lowest BCUT2D eigenvalue weighted by Gasteiger charge is -2.39. The molecule has 0 saturated carbocycles. The monoisotopic (exact) mass is 691 g/mol. The Kier molecular flexibility index (Phi) is 11.3. The maximum Gasteiger partial charge on any atom is 0.407 e. The number of aryl methyl sites for hydroxylation is 1. The van der Waals surface area contributed by atoms with Crippen molar-refractivity contribution >= 4 is 39.8 Å². The number of halogens is 2. The number of alkyl halides is 2. The fourth-order valence-electron chi connectivity index (χ4n) is 6.39. The average Bonchev–Trinajstić information content (AvgIpc) is 3.03. The van der Waals surface area contributed by atoms with Crippen LogP contribution in [0.1, 0.15) is 74.1 Å². The summed E-state index contributed by atoms with van der Waals surface area (Å²) in [7, 11) is -2.66. The Morgan fingerprint density at radius 2 is 1.90 bits per heavy atom. The summed E-state index contributed by atoms with van der Waals surface area (Å²) in [5, 5.41) is 13.0. The van der Waals surface area contributed by atoms with Crippen LogP contribution in [-0.4, -0.2) is 83.8 Å². The van der Waals surface area contributed by atoms with E-state index in [1.54, 1.807) is 22.8 Å². The van der Waals surface area contributed by atoms with E-state index >= 15 is 8.78 Å². The van der Waals surface area contributed by atoms with Gasteiger partial charge < -0.3 is 24.9 Å². The molecular weight excluding hydrogens is 648 g/mol. The Hall–Kier alpha value is -3.66. The van der Waals surface area contributed by atoms with E-state index in [-0.39, 0.29) is 41.6 Å². The maximum absolute atomic E-state index is 15.3. The first-order chi connectivity index (χ1) is 22.9. The first-order valence-corrected chi connectivity index (χ1v) is 18.1. The SMILES string of the molecule is CC(Nc1ncnc2c1cc(C1CCS(O)(O)CC1)c(=O)n2CCCOCCCC=O)c1cccc(C(F)(F)CC2CN(C(=O)O)C2)c1. The number of likely N-dealkylation sites (tertiary alicyclic amines) is 1. The number of anilines is 1. The van der Waals surface area contributed by atoms with Gasteiger partial charge in [-0.15, -0.1) is 0 Å². The number of amides is 1. The molecule has 4 N–H and O–H groups in total. The zero-order valence-electron chi connectivity index (χ0n) is 26.9. The van der Waals surface area contributed by atoms with Gasteiger partial charge >= 0.3 is 6.09 Å². The van der Waals surface area contributed by atoms with Crippen LogP contribution < -0.4 is 10.9 Å². The van der Waals surface area contributed by atoms with Crippen LogP contribution in [0.15, 0.2) is 41.5 Å². The Bertz CT molecular complexity index is 1660. The number of fused-ring (bicyclic) bond motifs is 1. The number of nitrogens with zero attached hydrogens (tertiary/aromatic N) is 4. The number of hydrogen-bond donors (Lipinski definition) is 4. The van der Waals surface area contributed by atoms with Gasteiger partial charge in [0.1, 0.15) is 24.1 Å². The van der Waals surface area contributed by atoms with Crippen molar-refractivity contribution in [1.29, 1.82) is 0 Å². The number of rotatable bonds is 15. The molecule has 1 aromatic carbocycles. The van der Waals surface area contributed by atoms with E-state index in [1.807, 2.05) is 6.92 Å². The van der Waals surface area contributed by atoms with Gasteiger partial charge in [0.05, 0.1) is 5.39 Å². The van der Waals surface area contributed by atoms with Crippen LogP contribution in [-0.2, 0) is 22.0 Å². The van der Waals surface area contributed by atoms with Crippen LogP contribution in [0.5, 0.6) is 0 Å². The molecule has 15 heteroatoms. The Balaban J connectivity index is 1.39. The molecule has 5 rings (SSSR count). The Morgan fingerprint density at radius 1 is 1.17 bits per heavy atom. The topological polar surface area (TPSA) is 167 Å². The van der Waals surface area contributed by atoms with Crippen molar-refractivity contribution in [3.8, 4) is 0 Å². The highest BCUT2D eigenvalue weighted by Gasteiger charge is 2.41. The summed E-state index contributed by atoms with van der Waals surface area (Å²) in [5.74, 6) is -2.88. The number of hydrogen-bond acceptors (Lipinski definition) is 9. The molecule has 0 bridgehead atoms. The maximum atomic E-state index is 15.3. The summed E-state index contributed by atoms with van der Waals surface area (Å²) >= 11 is 0. The molecule has 1 unspecified atom stereocenters. The van der Waals surface area contributed by atoms with E-state index < -0.39 is 41.0 Å². The summed E-state index contributed by atoms with van der Waals surface area (Å²) in [5.41, 5.74) is 1.18. The van der Waals surface area contributed by atoms with Crippen molar-refractivity contribution in [3.05, 3.63) is 63.7 Å². The summed E-state index contributed by atoms with van der Waals surface area (Å²) in [6, 6.07) is 7.45. The molecule has 3 aromatic rings.